The SMILES string of the molecule is CCNC1(C(N)=O)CCC(n2ccc(C(F)(F)F)n2)C1. The number of hydrogen-bond donors (Lipinski definition) is 2. The molecule has 20 heavy (non-hydrogen) atoms. The molecule has 0 aliphatic heterocycles. The number of halogens is 3. The summed E-state index contributed by atoms with van der Waals surface area (Å²) in [6.07, 6.45) is -1.73. The molecule has 8 heteroatoms. The van der Waals surface area contributed by atoms with E-state index in [0.717, 1.165) is 6.07 Å². The minimum Gasteiger partial charge on any atom is -0.368 e. The quantitative estimate of drug-likeness (QED) is 0.881. The van der Waals surface area contributed by atoms with Gasteiger partial charge in [-0.3, -0.25) is 9.48 Å². The van der Waals surface area contributed by atoms with Gasteiger partial charge < -0.3 is 11.1 Å². The molecule has 0 radical (unpaired) electrons. The molecule has 2 atom stereocenters. The zero-order valence-electron chi connectivity index (χ0n) is 11.1. The molecule has 2 unspecified atom stereocenters. The lowest BCUT2D eigenvalue weighted by molar-refractivity contribution is -0.141. The van der Waals surface area contributed by atoms with Gasteiger partial charge in [0, 0.05) is 6.20 Å². The van der Waals surface area contributed by atoms with Gasteiger partial charge in [0.25, 0.3) is 0 Å². The maximum absolute atomic E-state index is 12.5. The lowest BCUT2D eigenvalue weighted by atomic mass is 9.96. The Morgan fingerprint density at radius 1 is 1.65 bits per heavy atom. The smallest absolute Gasteiger partial charge is 0.368 e. The number of primary amides is 1. The predicted octanol–water partition coefficient (Wildman–Crippen LogP) is 1.46. The van der Waals surface area contributed by atoms with Gasteiger partial charge in [0.05, 0.1) is 11.6 Å². The van der Waals surface area contributed by atoms with Crippen molar-refractivity contribution in [3.63, 3.8) is 0 Å². The third kappa shape index (κ3) is 2.65. The van der Waals surface area contributed by atoms with Crippen LogP contribution in [-0.4, -0.2) is 27.8 Å². The van der Waals surface area contributed by atoms with E-state index in [4.69, 9.17) is 5.73 Å². The summed E-state index contributed by atoms with van der Waals surface area (Å²) in [5.74, 6) is -0.468. The van der Waals surface area contributed by atoms with Crippen molar-refractivity contribution in [1.29, 1.82) is 0 Å². The molecule has 1 saturated carbocycles. The second-order valence-electron chi connectivity index (χ2n) is 5.05. The Balaban J connectivity index is 2.16. The van der Waals surface area contributed by atoms with Gasteiger partial charge in [0.2, 0.25) is 5.91 Å². The minimum atomic E-state index is -4.45. The summed E-state index contributed by atoms with van der Waals surface area (Å²) in [4.78, 5) is 11.6. The molecule has 0 spiro atoms. The van der Waals surface area contributed by atoms with Gasteiger partial charge in [0.1, 0.15) is 0 Å². The van der Waals surface area contributed by atoms with Gasteiger partial charge in [-0.2, -0.15) is 18.3 Å². The van der Waals surface area contributed by atoms with Crippen molar-refractivity contribution in [1.82, 2.24) is 15.1 Å². The van der Waals surface area contributed by atoms with Crippen molar-refractivity contribution in [2.45, 2.75) is 43.9 Å². The lowest BCUT2D eigenvalue weighted by Crippen LogP contribution is -2.53. The maximum Gasteiger partial charge on any atom is 0.435 e. The monoisotopic (exact) mass is 290 g/mol. The topological polar surface area (TPSA) is 72.9 Å². The van der Waals surface area contributed by atoms with Crippen LogP contribution in [-0.2, 0) is 11.0 Å². The normalized spacial score (nSPS) is 26.9. The Bertz CT molecular complexity index is 499. The molecular formula is C12H17F3N4O. The van der Waals surface area contributed by atoms with Crippen LogP contribution in [0.15, 0.2) is 12.3 Å². The van der Waals surface area contributed by atoms with Crippen molar-refractivity contribution in [3.8, 4) is 0 Å². The van der Waals surface area contributed by atoms with Gasteiger partial charge in [0.15, 0.2) is 5.69 Å². The lowest BCUT2D eigenvalue weighted by Gasteiger charge is -2.26. The first kappa shape index (κ1) is 14.8. The van der Waals surface area contributed by atoms with Crippen LogP contribution in [0.25, 0.3) is 0 Å². The first-order valence-electron chi connectivity index (χ1n) is 6.46. The molecule has 1 aromatic heterocycles. The Hall–Kier alpha value is -1.57. The summed E-state index contributed by atoms with van der Waals surface area (Å²) >= 11 is 0. The van der Waals surface area contributed by atoms with Gasteiger partial charge in [-0.1, -0.05) is 6.92 Å². The van der Waals surface area contributed by atoms with E-state index in [1.54, 1.807) is 0 Å². The zero-order valence-corrected chi connectivity index (χ0v) is 11.1. The third-order valence-corrected chi connectivity index (χ3v) is 3.75. The molecule has 1 amide bonds. The van der Waals surface area contributed by atoms with E-state index in [0.29, 0.717) is 25.8 Å². The minimum absolute atomic E-state index is 0.252. The number of nitrogens with two attached hydrogens (primary N) is 1. The van der Waals surface area contributed by atoms with E-state index in [9.17, 15) is 18.0 Å². The fraction of sp³-hybridized carbons (Fsp3) is 0.667. The molecule has 1 heterocycles. The Labute approximate surface area is 114 Å². The van der Waals surface area contributed by atoms with E-state index in [-0.39, 0.29) is 6.04 Å². The van der Waals surface area contributed by atoms with Gasteiger partial charge >= 0.3 is 6.18 Å². The molecule has 3 N–H and O–H groups in total. The number of nitrogens with one attached hydrogen (secondary N) is 1. The first-order chi connectivity index (χ1) is 9.28. The second-order valence-corrected chi connectivity index (χ2v) is 5.05. The Morgan fingerprint density at radius 3 is 2.85 bits per heavy atom. The number of rotatable bonds is 4. The van der Waals surface area contributed by atoms with Gasteiger partial charge in [-0.25, -0.2) is 0 Å². The fourth-order valence-corrected chi connectivity index (χ4v) is 2.75. The summed E-state index contributed by atoms with van der Waals surface area (Å²) in [5, 5.41) is 6.62. The standard InChI is InChI=1S/C12H17F3N4O/c1-2-17-11(10(16)20)5-3-8(7-11)19-6-4-9(18-19)12(13,14)15/h4,6,8,17H,2-3,5,7H2,1H3,(H2,16,20). The number of aromatic nitrogens is 2. The molecular weight excluding hydrogens is 273 g/mol. The van der Waals surface area contributed by atoms with Crippen molar-refractivity contribution < 1.29 is 18.0 Å². The number of likely N-dealkylation sites (N-methyl/N-ethyl adjacent to an activating group) is 1. The third-order valence-electron chi connectivity index (χ3n) is 3.75. The molecule has 1 fully saturated rings. The summed E-state index contributed by atoms with van der Waals surface area (Å²) in [7, 11) is 0. The molecule has 1 aromatic rings. The highest BCUT2D eigenvalue weighted by Gasteiger charge is 2.44. The molecule has 0 bridgehead atoms. The molecule has 1 aliphatic rings. The van der Waals surface area contributed by atoms with Crippen LogP contribution >= 0.6 is 0 Å². The molecule has 2 rings (SSSR count). The fourth-order valence-electron chi connectivity index (χ4n) is 2.75. The molecule has 0 aromatic carbocycles. The number of carbonyl (C=O) groups is 1. The average molecular weight is 290 g/mol. The van der Waals surface area contributed by atoms with E-state index < -0.39 is 23.3 Å². The predicted molar refractivity (Wildman–Crippen MR) is 65.7 cm³/mol. The molecule has 5 nitrogen and oxygen atoms in total. The number of nitrogens with zero attached hydrogens (tertiary/aromatic N) is 2. The van der Waals surface area contributed by atoms with Crippen molar-refractivity contribution in [3.05, 3.63) is 18.0 Å². The Kier molecular flexibility index (Phi) is 3.77. The van der Waals surface area contributed by atoms with Crippen LogP contribution in [0, 0.1) is 0 Å². The highest BCUT2D eigenvalue weighted by molar-refractivity contribution is 5.85. The number of carbonyl (C=O) groups excluding carboxylic acids is 1. The molecule has 112 valence electrons. The van der Waals surface area contributed by atoms with E-state index in [2.05, 4.69) is 10.4 Å². The summed E-state index contributed by atoms with van der Waals surface area (Å²) in [6.45, 7) is 2.43. The summed E-state index contributed by atoms with van der Waals surface area (Å²) < 4.78 is 38.9. The van der Waals surface area contributed by atoms with Crippen molar-refractivity contribution in [2.24, 2.45) is 5.73 Å². The summed E-state index contributed by atoms with van der Waals surface area (Å²) in [5.41, 5.74) is 3.66. The highest BCUT2D eigenvalue weighted by Crippen LogP contribution is 2.38. The average Bonchev–Trinajstić information content (AvgIpc) is 2.94. The number of alkyl halides is 3. The molecule has 0 saturated heterocycles. The van der Waals surface area contributed by atoms with Crippen LogP contribution < -0.4 is 11.1 Å². The van der Waals surface area contributed by atoms with Crippen LogP contribution in [0.1, 0.15) is 37.9 Å². The largest absolute Gasteiger partial charge is 0.435 e. The van der Waals surface area contributed by atoms with Crippen molar-refractivity contribution >= 4 is 5.91 Å². The van der Waals surface area contributed by atoms with E-state index in [1.807, 2.05) is 6.92 Å². The van der Waals surface area contributed by atoms with E-state index in [1.165, 1.54) is 10.9 Å². The van der Waals surface area contributed by atoms with E-state index >= 15 is 0 Å². The number of hydrogen-bond acceptors (Lipinski definition) is 3. The van der Waals surface area contributed by atoms with Gasteiger partial charge in [-0.05, 0) is 31.9 Å². The highest BCUT2D eigenvalue weighted by atomic mass is 19.4. The number of amides is 1. The van der Waals surface area contributed by atoms with Crippen molar-refractivity contribution in [2.75, 3.05) is 6.54 Å². The summed E-state index contributed by atoms with van der Waals surface area (Å²) in [6, 6.07) is 0.690. The second kappa shape index (κ2) is 5.08. The van der Waals surface area contributed by atoms with Gasteiger partial charge in [-0.15, -0.1) is 0 Å². The first-order valence-corrected chi connectivity index (χ1v) is 6.46. The van der Waals surface area contributed by atoms with Crippen LogP contribution in [0.5, 0.6) is 0 Å². The van der Waals surface area contributed by atoms with Crippen LogP contribution in [0.2, 0.25) is 0 Å². The van der Waals surface area contributed by atoms with Crippen LogP contribution in [0.4, 0.5) is 13.2 Å². The maximum atomic E-state index is 12.5. The zero-order chi connectivity index (χ0) is 15.0. The Morgan fingerprint density at radius 2 is 2.35 bits per heavy atom. The molecule has 1 aliphatic carbocycles. The van der Waals surface area contributed by atoms with Crippen LogP contribution in [0.3, 0.4) is 0 Å².